The Morgan fingerprint density at radius 3 is 2.33 bits per heavy atom. The number of nitriles is 1. The van der Waals surface area contributed by atoms with Crippen molar-refractivity contribution in [1.82, 2.24) is 4.98 Å². The van der Waals surface area contributed by atoms with Gasteiger partial charge in [0.2, 0.25) is 0 Å². The number of methoxy groups -OCH3 is 1. The molecule has 1 aromatic heterocycles. The monoisotopic (exact) mass is 310 g/mol. The molecular weight excluding hydrogens is 296 g/mol. The van der Waals surface area contributed by atoms with Crippen molar-refractivity contribution < 1.29 is 4.74 Å². The highest BCUT2D eigenvalue weighted by Gasteiger charge is 2.16. The van der Waals surface area contributed by atoms with Gasteiger partial charge in [-0.2, -0.15) is 5.26 Å². The van der Waals surface area contributed by atoms with E-state index in [1.165, 1.54) is 0 Å². The van der Waals surface area contributed by atoms with Gasteiger partial charge in [-0.3, -0.25) is 0 Å². The lowest BCUT2D eigenvalue weighted by molar-refractivity contribution is 0.417. The van der Waals surface area contributed by atoms with Gasteiger partial charge in [0, 0.05) is 5.39 Å². The average Bonchev–Trinajstić information content (AvgIpc) is 2.66. The Balaban J connectivity index is 2.19. The normalized spacial score (nSPS) is 10.7. The van der Waals surface area contributed by atoms with Gasteiger partial charge in [-0.05, 0) is 28.3 Å². The van der Waals surface area contributed by atoms with Crippen molar-refractivity contribution in [2.24, 2.45) is 0 Å². The Labute approximate surface area is 139 Å². The quantitative estimate of drug-likeness (QED) is 0.527. The fraction of sp³-hybridized carbons (Fsp3) is 0.0476. The largest absolute Gasteiger partial charge is 0.496 e. The third kappa shape index (κ3) is 2.17. The Kier molecular flexibility index (Phi) is 3.36. The van der Waals surface area contributed by atoms with Gasteiger partial charge in [-0.25, -0.2) is 4.98 Å². The van der Waals surface area contributed by atoms with E-state index < -0.39 is 0 Å². The van der Waals surface area contributed by atoms with E-state index in [0.717, 1.165) is 38.6 Å². The second-order valence-electron chi connectivity index (χ2n) is 5.55. The molecule has 0 N–H and O–H groups in total. The third-order valence-electron chi connectivity index (χ3n) is 4.20. The van der Waals surface area contributed by atoms with Crippen LogP contribution in [0.4, 0.5) is 0 Å². The van der Waals surface area contributed by atoms with Gasteiger partial charge < -0.3 is 4.74 Å². The van der Waals surface area contributed by atoms with Crippen LogP contribution in [-0.2, 0) is 0 Å². The molecule has 0 aliphatic heterocycles. The highest BCUT2D eigenvalue weighted by atomic mass is 16.5. The summed E-state index contributed by atoms with van der Waals surface area (Å²) >= 11 is 0. The van der Waals surface area contributed by atoms with Gasteiger partial charge in [0.1, 0.15) is 17.5 Å². The molecule has 4 aromatic rings. The fourth-order valence-electron chi connectivity index (χ4n) is 3.11. The summed E-state index contributed by atoms with van der Waals surface area (Å²) in [6.45, 7) is 0. The minimum atomic E-state index is 0.402. The molecule has 114 valence electrons. The van der Waals surface area contributed by atoms with Crippen molar-refractivity contribution in [2.75, 3.05) is 7.11 Å². The zero-order valence-corrected chi connectivity index (χ0v) is 13.2. The summed E-state index contributed by atoms with van der Waals surface area (Å²) in [5.74, 6) is 0.751. The highest BCUT2D eigenvalue weighted by molar-refractivity contribution is 6.06. The van der Waals surface area contributed by atoms with E-state index in [0.29, 0.717) is 5.69 Å². The molecule has 0 unspecified atom stereocenters. The van der Waals surface area contributed by atoms with Crippen molar-refractivity contribution in [3.05, 3.63) is 72.4 Å². The van der Waals surface area contributed by atoms with E-state index >= 15 is 0 Å². The van der Waals surface area contributed by atoms with Crippen molar-refractivity contribution in [3.63, 3.8) is 0 Å². The summed E-state index contributed by atoms with van der Waals surface area (Å²) in [6, 6.07) is 24.1. The number of nitrogens with zero attached hydrogens (tertiary/aromatic N) is 2. The first-order valence-electron chi connectivity index (χ1n) is 7.68. The van der Waals surface area contributed by atoms with Gasteiger partial charge in [0.05, 0.1) is 18.4 Å². The molecule has 1 heterocycles. The minimum Gasteiger partial charge on any atom is -0.496 e. The molecule has 0 bridgehead atoms. The molecule has 4 rings (SSSR count). The Hall–Kier alpha value is -3.38. The molecule has 3 aromatic carbocycles. The Morgan fingerprint density at radius 2 is 1.58 bits per heavy atom. The van der Waals surface area contributed by atoms with E-state index in [4.69, 9.17) is 4.74 Å². The first kappa shape index (κ1) is 14.2. The van der Waals surface area contributed by atoms with E-state index in [9.17, 15) is 5.26 Å². The smallest absolute Gasteiger partial charge is 0.141 e. The van der Waals surface area contributed by atoms with Crippen LogP contribution < -0.4 is 4.74 Å². The molecule has 0 radical (unpaired) electrons. The van der Waals surface area contributed by atoms with Crippen LogP contribution in [0.5, 0.6) is 5.75 Å². The summed E-state index contributed by atoms with van der Waals surface area (Å²) in [4.78, 5) is 4.61. The maximum Gasteiger partial charge on any atom is 0.141 e. The molecule has 0 saturated heterocycles. The van der Waals surface area contributed by atoms with E-state index in [1.54, 1.807) is 7.11 Å². The van der Waals surface area contributed by atoms with E-state index in [1.807, 2.05) is 54.6 Å². The summed E-state index contributed by atoms with van der Waals surface area (Å²) in [5.41, 5.74) is 2.10. The van der Waals surface area contributed by atoms with Gasteiger partial charge >= 0.3 is 0 Å². The number of benzene rings is 3. The summed E-state index contributed by atoms with van der Waals surface area (Å²) in [7, 11) is 1.66. The van der Waals surface area contributed by atoms with Crippen LogP contribution in [0.2, 0.25) is 0 Å². The predicted molar refractivity (Wildman–Crippen MR) is 96.0 cm³/mol. The number of aromatic nitrogens is 1. The number of fused-ring (bicyclic) bond motifs is 2. The van der Waals surface area contributed by atoms with E-state index in [-0.39, 0.29) is 0 Å². The van der Waals surface area contributed by atoms with E-state index in [2.05, 4.69) is 23.2 Å². The molecule has 0 aliphatic rings. The van der Waals surface area contributed by atoms with Crippen LogP contribution in [0.25, 0.3) is 32.8 Å². The van der Waals surface area contributed by atoms with Gasteiger partial charge in [-0.15, -0.1) is 0 Å². The molecule has 0 aliphatic carbocycles. The summed E-state index contributed by atoms with van der Waals surface area (Å²) in [6.07, 6.45) is 0. The fourth-order valence-corrected chi connectivity index (χ4v) is 3.11. The molecule has 0 saturated carbocycles. The number of pyridine rings is 1. The molecule has 24 heavy (non-hydrogen) atoms. The highest BCUT2D eigenvalue weighted by Crippen LogP contribution is 2.39. The maximum atomic E-state index is 9.36. The zero-order valence-electron chi connectivity index (χ0n) is 13.2. The topological polar surface area (TPSA) is 45.9 Å². The molecule has 0 fully saturated rings. The SMILES string of the molecule is COc1ccc2ccccc2c1-c1nc(C#N)cc2ccccc12. The Bertz CT molecular complexity index is 1110. The lowest BCUT2D eigenvalue weighted by Gasteiger charge is -2.14. The summed E-state index contributed by atoms with van der Waals surface area (Å²) < 4.78 is 5.61. The lowest BCUT2D eigenvalue weighted by atomic mass is 9.97. The van der Waals surface area contributed by atoms with Crippen molar-refractivity contribution in [1.29, 1.82) is 5.26 Å². The zero-order chi connectivity index (χ0) is 16.5. The molecule has 0 spiro atoms. The van der Waals surface area contributed by atoms with Gasteiger partial charge in [0.25, 0.3) is 0 Å². The van der Waals surface area contributed by atoms with Crippen LogP contribution in [0.15, 0.2) is 66.7 Å². The predicted octanol–water partition coefficient (Wildman–Crippen LogP) is 4.94. The molecule has 3 heteroatoms. The standard InChI is InChI=1S/C21H14N2O/c1-24-19-11-10-14-6-2-4-8-17(14)20(19)21-18-9-5-3-7-15(18)12-16(13-22)23-21/h2-12H,1H3. The van der Waals surface area contributed by atoms with Gasteiger partial charge in [0.15, 0.2) is 0 Å². The van der Waals surface area contributed by atoms with Crippen molar-refractivity contribution >= 4 is 21.5 Å². The number of rotatable bonds is 2. The number of hydrogen-bond donors (Lipinski definition) is 0. The third-order valence-corrected chi connectivity index (χ3v) is 4.20. The molecule has 3 nitrogen and oxygen atoms in total. The first-order chi connectivity index (χ1) is 11.8. The number of ether oxygens (including phenoxy) is 1. The lowest BCUT2D eigenvalue weighted by Crippen LogP contribution is -1.95. The average molecular weight is 310 g/mol. The Morgan fingerprint density at radius 1 is 0.875 bits per heavy atom. The molecule has 0 amide bonds. The van der Waals surface area contributed by atoms with Crippen LogP contribution in [0.1, 0.15) is 5.69 Å². The maximum absolute atomic E-state index is 9.36. The summed E-state index contributed by atoms with van der Waals surface area (Å²) in [5, 5.41) is 13.5. The second kappa shape index (κ2) is 5.68. The van der Waals surface area contributed by atoms with Crippen molar-refractivity contribution in [3.8, 4) is 23.1 Å². The van der Waals surface area contributed by atoms with Crippen molar-refractivity contribution in [2.45, 2.75) is 0 Å². The number of hydrogen-bond acceptors (Lipinski definition) is 3. The van der Waals surface area contributed by atoms with Crippen LogP contribution in [-0.4, -0.2) is 12.1 Å². The van der Waals surface area contributed by atoms with Crippen LogP contribution in [0, 0.1) is 11.3 Å². The minimum absolute atomic E-state index is 0.402. The van der Waals surface area contributed by atoms with Crippen LogP contribution in [0.3, 0.4) is 0 Å². The first-order valence-corrected chi connectivity index (χ1v) is 7.68. The van der Waals surface area contributed by atoms with Crippen LogP contribution >= 0.6 is 0 Å². The molecular formula is C21H14N2O. The van der Waals surface area contributed by atoms with Gasteiger partial charge in [-0.1, -0.05) is 54.6 Å². The molecule has 0 atom stereocenters. The second-order valence-corrected chi connectivity index (χ2v) is 5.55.